The second-order valence-electron chi connectivity index (χ2n) is 7.49. The summed E-state index contributed by atoms with van der Waals surface area (Å²) in [5, 5.41) is 25.5. The highest BCUT2D eigenvalue weighted by molar-refractivity contribution is 8.27. The molecular weight excluding hydrogens is 404 g/mol. The summed E-state index contributed by atoms with van der Waals surface area (Å²) in [6.45, 7) is 0. The van der Waals surface area contributed by atoms with E-state index in [4.69, 9.17) is 9.83 Å². The van der Waals surface area contributed by atoms with E-state index in [1.807, 2.05) is 0 Å². The Morgan fingerprint density at radius 3 is 2.83 bits per heavy atom. The molecule has 2 N–H and O–H groups in total. The molecule has 1 aromatic carbocycles. The second kappa shape index (κ2) is 7.24. The van der Waals surface area contributed by atoms with Gasteiger partial charge in [-0.15, -0.1) is 0 Å². The number of amides is 1. The summed E-state index contributed by atoms with van der Waals surface area (Å²) in [5.41, 5.74) is -0.00631. The number of aromatic hydroxyl groups is 1. The van der Waals surface area contributed by atoms with Gasteiger partial charge in [-0.25, -0.2) is 0 Å². The lowest BCUT2D eigenvalue weighted by molar-refractivity contribution is -0.114. The van der Waals surface area contributed by atoms with Gasteiger partial charge in [0.1, 0.15) is 22.6 Å². The molecule has 2 aromatic rings. The number of nitrogens with zero attached hydrogens (tertiary/aromatic N) is 3. The molecule has 3 aliphatic rings. The van der Waals surface area contributed by atoms with Gasteiger partial charge < -0.3 is 9.52 Å². The lowest BCUT2D eigenvalue weighted by Gasteiger charge is -2.20. The zero-order valence-electron chi connectivity index (χ0n) is 15.9. The van der Waals surface area contributed by atoms with Gasteiger partial charge in [0, 0.05) is 12.0 Å². The molecule has 5 rings (SSSR count). The van der Waals surface area contributed by atoms with Gasteiger partial charge in [-0.2, -0.15) is 15.1 Å². The van der Waals surface area contributed by atoms with E-state index in [2.05, 4.69) is 10.1 Å². The van der Waals surface area contributed by atoms with Crippen LogP contribution in [0.15, 0.2) is 49.3 Å². The topological polar surface area (TPSA) is 119 Å². The Kier molecular flexibility index (Phi) is 4.54. The Labute approximate surface area is 175 Å². The molecule has 152 valence electrons. The van der Waals surface area contributed by atoms with Crippen LogP contribution < -0.4 is 5.43 Å². The first-order valence-electron chi connectivity index (χ1n) is 9.76. The fraction of sp³-hybridized carbons (Fsp3) is 0.286. The van der Waals surface area contributed by atoms with E-state index < -0.39 is 5.91 Å². The Hall–Kier alpha value is -3.20. The van der Waals surface area contributed by atoms with Crippen LogP contribution in [0, 0.1) is 11.3 Å². The van der Waals surface area contributed by atoms with Crippen LogP contribution in [0.5, 0.6) is 5.75 Å². The molecular formula is C21H18N4O4S. The largest absolute Gasteiger partial charge is 0.508 e. The first-order chi connectivity index (χ1) is 14.5. The number of benzene rings is 1. The Morgan fingerprint density at radius 2 is 2.03 bits per heavy atom. The molecule has 0 radical (unpaired) electrons. The minimum Gasteiger partial charge on any atom is -0.508 e. The maximum atomic E-state index is 12.8. The van der Waals surface area contributed by atoms with Crippen molar-refractivity contribution >= 4 is 50.8 Å². The van der Waals surface area contributed by atoms with E-state index in [1.54, 1.807) is 0 Å². The number of hydrogen-bond donors (Lipinski definition) is 2. The third kappa shape index (κ3) is 3.15. The average molecular weight is 422 g/mol. The quantitative estimate of drug-likeness (QED) is 0.712. The van der Waals surface area contributed by atoms with Gasteiger partial charge in [-0.1, -0.05) is 19.3 Å². The van der Waals surface area contributed by atoms with Crippen molar-refractivity contribution in [2.24, 2.45) is 16.0 Å². The molecule has 0 bridgehead atoms. The van der Waals surface area contributed by atoms with Crippen molar-refractivity contribution in [1.29, 1.82) is 5.41 Å². The summed E-state index contributed by atoms with van der Waals surface area (Å²) in [6, 6.07) is 4.20. The Bertz CT molecular complexity index is 1240. The first kappa shape index (κ1) is 18.8. The van der Waals surface area contributed by atoms with Gasteiger partial charge >= 0.3 is 0 Å². The SMILES string of the molecule is N=C1C(=Cc2coc3cc(O)ccc3c2=O)C(=O)N=C2SC(C3CCCCC3)=NN12. The molecule has 2 aliphatic heterocycles. The molecule has 0 spiro atoms. The molecule has 1 saturated carbocycles. The summed E-state index contributed by atoms with van der Waals surface area (Å²) in [6.07, 6.45) is 8.21. The summed E-state index contributed by atoms with van der Waals surface area (Å²) in [4.78, 5) is 29.5. The van der Waals surface area contributed by atoms with Crippen molar-refractivity contribution in [2.45, 2.75) is 32.1 Å². The summed E-state index contributed by atoms with van der Waals surface area (Å²) >= 11 is 1.36. The maximum absolute atomic E-state index is 12.8. The standard InChI is InChI=1S/C21H18N4O4S/c22-18-15(8-12-10-29-16-9-13(26)6-7-14(16)17(12)27)19(28)23-21-25(18)24-20(30-21)11-4-2-1-3-5-11/h6-11,22,26H,1-5H2. The minimum absolute atomic E-state index is 0.0129. The molecule has 0 saturated heterocycles. The number of thioether (sulfide) groups is 1. The summed E-state index contributed by atoms with van der Waals surface area (Å²) < 4.78 is 5.43. The molecule has 1 aromatic heterocycles. The second-order valence-corrected chi connectivity index (χ2v) is 8.48. The monoisotopic (exact) mass is 422 g/mol. The van der Waals surface area contributed by atoms with Gasteiger partial charge in [-0.05, 0) is 42.8 Å². The van der Waals surface area contributed by atoms with Crippen LogP contribution in [0.25, 0.3) is 17.0 Å². The van der Waals surface area contributed by atoms with E-state index in [1.165, 1.54) is 53.7 Å². The van der Waals surface area contributed by atoms with Crippen molar-refractivity contribution in [3.05, 3.63) is 45.8 Å². The molecule has 1 fully saturated rings. The average Bonchev–Trinajstić information content (AvgIpc) is 3.17. The van der Waals surface area contributed by atoms with Crippen molar-refractivity contribution in [3.8, 4) is 5.75 Å². The van der Waals surface area contributed by atoms with Gasteiger partial charge in [-0.3, -0.25) is 15.0 Å². The van der Waals surface area contributed by atoms with Crippen LogP contribution in [0.4, 0.5) is 0 Å². The fourth-order valence-corrected chi connectivity index (χ4v) is 4.97. The summed E-state index contributed by atoms with van der Waals surface area (Å²) in [5.74, 6) is -0.352. The number of phenolic OH excluding ortho intramolecular Hbond substituents is 1. The van der Waals surface area contributed by atoms with Crippen LogP contribution in [-0.4, -0.2) is 32.1 Å². The molecule has 8 nitrogen and oxygen atoms in total. The number of fused-ring (bicyclic) bond motifs is 2. The first-order valence-corrected chi connectivity index (χ1v) is 10.6. The van der Waals surface area contributed by atoms with Gasteiger partial charge in [0.2, 0.25) is 5.17 Å². The zero-order chi connectivity index (χ0) is 20.8. The number of phenols is 1. The minimum atomic E-state index is -0.580. The zero-order valence-corrected chi connectivity index (χ0v) is 16.7. The molecule has 9 heteroatoms. The number of aliphatic imine (C=N–C) groups is 1. The third-order valence-electron chi connectivity index (χ3n) is 5.51. The number of carbonyl (C=O) groups is 1. The number of amidine groups is 2. The predicted molar refractivity (Wildman–Crippen MR) is 116 cm³/mol. The number of hydrogen-bond acceptors (Lipinski definition) is 7. The normalized spacial score (nSPS) is 21.2. The number of hydrazone groups is 1. The lowest BCUT2D eigenvalue weighted by atomic mass is 9.90. The van der Waals surface area contributed by atoms with Gasteiger partial charge in [0.15, 0.2) is 11.3 Å². The molecule has 3 heterocycles. The molecule has 30 heavy (non-hydrogen) atoms. The van der Waals surface area contributed by atoms with E-state index in [0.717, 1.165) is 30.7 Å². The molecule has 0 atom stereocenters. The Morgan fingerprint density at radius 1 is 1.23 bits per heavy atom. The van der Waals surface area contributed by atoms with Crippen LogP contribution in [0.3, 0.4) is 0 Å². The smallest absolute Gasteiger partial charge is 0.283 e. The Balaban J connectivity index is 1.50. The predicted octanol–water partition coefficient (Wildman–Crippen LogP) is 3.70. The van der Waals surface area contributed by atoms with E-state index in [-0.39, 0.29) is 39.1 Å². The van der Waals surface area contributed by atoms with Crippen molar-refractivity contribution in [2.75, 3.05) is 0 Å². The van der Waals surface area contributed by atoms with E-state index >= 15 is 0 Å². The van der Waals surface area contributed by atoms with Gasteiger partial charge in [0.05, 0.1) is 16.5 Å². The van der Waals surface area contributed by atoms with Crippen LogP contribution in [0.1, 0.15) is 37.7 Å². The highest BCUT2D eigenvalue weighted by atomic mass is 32.2. The fourth-order valence-electron chi connectivity index (χ4n) is 3.91. The summed E-state index contributed by atoms with van der Waals surface area (Å²) in [7, 11) is 0. The number of rotatable bonds is 2. The van der Waals surface area contributed by atoms with E-state index in [0.29, 0.717) is 11.1 Å². The van der Waals surface area contributed by atoms with Crippen molar-refractivity contribution in [1.82, 2.24) is 5.01 Å². The van der Waals surface area contributed by atoms with Crippen LogP contribution >= 0.6 is 11.8 Å². The number of carbonyl (C=O) groups excluding carboxylic acids is 1. The lowest BCUT2D eigenvalue weighted by Crippen LogP contribution is -2.35. The molecule has 1 aliphatic carbocycles. The van der Waals surface area contributed by atoms with Gasteiger partial charge in [0.25, 0.3) is 5.91 Å². The highest BCUT2D eigenvalue weighted by Crippen LogP contribution is 2.36. The van der Waals surface area contributed by atoms with Crippen LogP contribution in [-0.2, 0) is 4.79 Å². The maximum Gasteiger partial charge on any atom is 0.283 e. The number of nitrogens with one attached hydrogen (secondary N) is 1. The highest BCUT2D eigenvalue weighted by Gasteiger charge is 2.38. The van der Waals surface area contributed by atoms with Crippen LogP contribution in [0.2, 0.25) is 0 Å². The molecule has 1 amide bonds. The van der Waals surface area contributed by atoms with Crippen molar-refractivity contribution < 1.29 is 14.3 Å². The third-order valence-corrected chi connectivity index (χ3v) is 6.58. The van der Waals surface area contributed by atoms with E-state index in [9.17, 15) is 14.7 Å². The molecule has 0 unspecified atom stereocenters. The van der Waals surface area contributed by atoms with Crippen molar-refractivity contribution in [3.63, 3.8) is 0 Å².